The van der Waals surface area contributed by atoms with E-state index in [-0.39, 0.29) is 11.7 Å². The number of carbonyl (C=O) groups excluding carboxylic acids is 1. The Morgan fingerprint density at radius 2 is 1.87 bits per heavy atom. The van der Waals surface area contributed by atoms with Crippen molar-refractivity contribution in [2.24, 2.45) is 4.99 Å². The van der Waals surface area contributed by atoms with Crippen LogP contribution in [0.2, 0.25) is 0 Å². The summed E-state index contributed by atoms with van der Waals surface area (Å²) in [6.07, 6.45) is 0.387. The molecular formula is C22H31FN6O2. The van der Waals surface area contributed by atoms with E-state index in [4.69, 9.17) is 4.42 Å². The summed E-state index contributed by atoms with van der Waals surface area (Å²) in [6, 6.07) is 6.48. The molecular weight excluding hydrogens is 399 g/mol. The zero-order chi connectivity index (χ0) is 22.2. The molecule has 168 valence electrons. The first-order valence-electron chi connectivity index (χ1n) is 10.7. The average Bonchev–Trinajstić information content (AvgIpc) is 3.10. The van der Waals surface area contributed by atoms with Crippen LogP contribution >= 0.6 is 0 Å². The Hall–Kier alpha value is -3.10. The van der Waals surface area contributed by atoms with Crippen LogP contribution < -0.4 is 15.5 Å². The Morgan fingerprint density at radius 1 is 1.16 bits per heavy atom. The number of nitrogens with zero attached hydrogens (tertiary/aromatic N) is 4. The normalized spacial score (nSPS) is 14.6. The third-order valence-electron chi connectivity index (χ3n) is 5.24. The fraction of sp³-hybridized carbons (Fsp3) is 0.500. The van der Waals surface area contributed by atoms with Gasteiger partial charge in [0.1, 0.15) is 18.1 Å². The molecule has 2 aromatic rings. The van der Waals surface area contributed by atoms with Crippen LogP contribution in [0, 0.1) is 19.7 Å². The van der Waals surface area contributed by atoms with Gasteiger partial charge in [-0.1, -0.05) is 0 Å². The number of aliphatic imine (C=N–C) groups is 1. The van der Waals surface area contributed by atoms with Crippen LogP contribution in [0.25, 0.3) is 0 Å². The van der Waals surface area contributed by atoms with Crippen LogP contribution in [-0.4, -0.2) is 61.0 Å². The van der Waals surface area contributed by atoms with Gasteiger partial charge in [-0.25, -0.2) is 14.4 Å². The number of benzene rings is 1. The zero-order valence-electron chi connectivity index (χ0n) is 18.4. The summed E-state index contributed by atoms with van der Waals surface area (Å²) in [4.78, 5) is 25.4. The van der Waals surface area contributed by atoms with Crippen LogP contribution in [0.1, 0.15) is 30.7 Å². The molecule has 3 rings (SSSR count). The van der Waals surface area contributed by atoms with Gasteiger partial charge in [0, 0.05) is 51.4 Å². The average molecular weight is 431 g/mol. The quantitative estimate of drug-likeness (QED) is 0.518. The second-order valence-corrected chi connectivity index (χ2v) is 7.47. The van der Waals surface area contributed by atoms with Gasteiger partial charge in [0.05, 0.1) is 5.69 Å². The van der Waals surface area contributed by atoms with Crippen molar-refractivity contribution < 1.29 is 13.6 Å². The highest BCUT2D eigenvalue weighted by molar-refractivity contribution is 5.81. The summed E-state index contributed by atoms with van der Waals surface area (Å²) < 4.78 is 18.7. The van der Waals surface area contributed by atoms with Gasteiger partial charge in [-0.3, -0.25) is 4.79 Å². The number of nitrogens with one attached hydrogen (secondary N) is 2. The summed E-state index contributed by atoms with van der Waals surface area (Å²) >= 11 is 0. The predicted octanol–water partition coefficient (Wildman–Crippen LogP) is 2.22. The number of anilines is 1. The summed E-state index contributed by atoms with van der Waals surface area (Å²) in [5.41, 5.74) is 1.85. The lowest BCUT2D eigenvalue weighted by Crippen LogP contribution is -2.49. The zero-order valence-corrected chi connectivity index (χ0v) is 18.4. The van der Waals surface area contributed by atoms with Gasteiger partial charge in [0.15, 0.2) is 5.96 Å². The van der Waals surface area contributed by atoms with Crippen molar-refractivity contribution in [1.29, 1.82) is 0 Å². The first kappa shape index (κ1) is 22.6. The minimum atomic E-state index is -0.240. The predicted molar refractivity (Wildman–Crippen MR) is 119 cm³/mol. The Labute approximate surface area is 182 Å². The van der Waals surface area contributed by atoms with E-state index in [2.05, 4.69) is 25.5 Å². The van der Waals surface area contributed by atoms with E-state index in [0.29, 0.717) is 44.5 Å². The van der Waals surface area contributed by atoms with Crippen molar-refractivity contribution in [2.75, 3.05) is 44.2 Å². The third kappa shape index (κ3) is 6.44. The molecule has 1 fully saturated rings. The van der Waals surface area contributed by atoms with Crippen molar-refractivity contribution in [3.8, 4) is 0 Å². The largest absolute Gasteiger partial charge is 0.444 e. The van der Waals surface area contributed by atoms with Crippen LogP contribution in [0.5, 0.6) is 0 Å². The molecule has 1 aromatic heterocycles. The lowest BCUT2D eigenvalue weighted by atomic mass is 10.2. The number of hydrogen-bond acceptors (Lipinski definition) is 5. The molecule has 1 aromatic carbocycles. The first-order valence-corrected chi connectivity index (χ1v) is 10.7. The van der Waals surface area contributed by atoms with Crippen molar-refractivity contribution in [2.45, 2.75) is 33.7 Å². The standard InChI is InChI=1S/C22H31FN6O2/c1-4-24-22(26-15-20-27-16(2)17(3)31-20)25-10-9-21(30)29-13-11-28(12-14-29)19-7-5-18(23)6-8-19/h5-8H,4,9-15H2,1-3H3,(H2,24,25,26). The molecule has 0 unspecified atom stereocenters. The Morgan fingerprint density at radius 3 is 2.48 bits per heavy atom. The molecule has 0 saturated carbocycles. The molecule has 1 saturated heterocycles. The number of rotatable bonds is 7. The van der Waals surface area contributed by atoms with Gasteiger partial charge >= 0.3 is 0 Å². The van der Waals surface area contributed by atoms with E-state index in [9.17, 15) is 9.18 Å². The molecule has 2 heterocycles. The summed E-state index contributed by atoms with van der Waals surface area (Å²) in [7, 11) is 0. The fourth-order valence-electron chi connectivity index (χ4n) is 3.41. The van der Waals surface area contributed by atoms with Crippen molar-refractivity contribution in [3.05, 3.63) is 47.4 Å². The topological polar surface area (TPSA) is 86.0 Å². The second-order valence-electron chi connectivity index (χ2n) is 7.47. The van der Waals surface area contributed by atoms with E-state index in [1.807, 2.05) is 25.7 Å². The number of piperazine rings is 1. The number of halogens is 1. The van der Waals surface area contributed by atoms with Crippen molar-refractivity contribution >= 4 is 17.6 Å². The highest BCUT2D eigenvalue weighted by atomic mass is 19.1. The maximum atomic E-state index is 13.1. The maximum absolute atomic E-state index is 13.1. The molecule has 9 heteroatoms. The second kappa shape index (κ2) is 10.8. The molecule has 8 nitrogen and oxygen atoms in total. The molecule has 0 bridgehead atoms. The van der Waals surface area contributed by atoms with E-state index in [1.165, 1.54) is 12.1 Å². The van der Waals surface area contributed by atoms with E-state index in [0.717, 1.165) is 36.8 Å². The molecule has 0 aliphatic carbocycles. The minimum Gasteiger partial charge on any atom is -0.444 e. The minimum absolute atomic E-state index is 0.112. The molecule has 1 amide bonds. The lowest BCUT2D eigenvalue weighted by Gasteiger charge is -2.36. The molecule has 1 aliphatic rings. The number of amides is 1. The Bertz CT molecular complexity index is 868. The molecule has 2 N–H and O–H groups in total. The van der Waals surface area contributed by atoms with Crippen molar-refractivity contribution in [3.63, 3.8) is 0 Å². The van der Waals surface area contributed by atoms with E-state index in [1.54, 1.807) is 12.1 Å². The number of aryl methyl sites for hydroxylation is 2. The number of carbonyl (C=O) groups is 1. The first-order chi connectivity index (χ1) is 15.0. The molecule has 0 spiro atoms. The van der Waals surface area contributed by atoms with Gasteiger partial charge in [-0.2, -0.15) is 0 Å². The highest BCUT2D eigenvalue weighted by Crippen LogP contribution is 2.17. The summed E-state index contributed by atoms with van der Waals surface area (Å²) in [5, 5.41) is 6.36. The lowest BCUT2D eigenvalue weighted by molar-refractivity contribution is -0.131. The van der Waals surface area contributed by atoms with Crippen LogP contribution in [0.15, 0.2) is 33.7 Å². The molecule has 0 atom stereocenters. The molecule has 1 aliphatic heterocycles. The van der Waals surface area contributed by atoms with Crippen LogP contribution in [0.4, 0.5) is 10.1 Å². The summed E-state index contributed by atoms with van der Waals surface area (Å²) in [5.74, 6) is 1.87. The van der Waals surface area contributed by atoms with Crippen LogP contribution in [0.3, 0.4) is 0 Å². The van der Waals surface area contributed by atoms with Gasteiger partial charge < -0.3 is 24.9 Å². The van der Waals surface area contributed by atoms with Gasteiger partial charge in [0.25, 0.3) is 0 Å². The highest BCUT2D eigenvalue weighted by Gasteiger charge is 2.21. The number of aromatic nitrogens is 1. The number of oxazole rings is 1. The third-order valence-corrected chi connectivity index (χ3v) is 5.24. The monoisotopic (exact) mass is 430 g/mol. The Balaban J connectivity index is 1.42. The Kier molecular flexibility index (Phi) is 7.86. The van der Waals surface area contributed by atoms with Gasteiger partial charge in [-0.15, -0.1) is 0 Å². The van der Waals surface area contributed by atoms with E-state index < -0.39 is 0 Å². The van der Waals surface area contributed by atoms with Crippen LogP contribution in [-0.2, 0) is 11.3 Å². The fourth-order valence-corrected chi connectivity index (χ4v) is 3.41. The van der Waals surface area contributed by atoms with Gasteiger partial charge in [-0.05, 0) is 45.0 Å². The molecule has 31 heavy (non-hydrogen) atoms. The van der Waals surface area contributed by atoms with Gasteiger partial charge in [0.2, 0.25) is 11.8 Å². The molecule has 0 radical (unpaired) electrons. The number of guanidine groups is 1. The van der Waals surface area contributed by atoms with E-state index >= 15 is 0 Å². The number of hydrogen-bond donors (Lipinski definition) is 2. The van der Waals surface area contributed by atoms with Crippen molar-refractivity contribution in [1.82, 2.24) is 20.5 Å². The SMILES string of the molecule is CCNC(=NCc1nc(C)c(C)o1)NCCC(=O)N1CCN(c2ccc(F)cc2)CC1. The summed E-state index contributed by atoms with van der Waals surface area (Å²) in [6.45, 7) is 10.1. The maximum Gasteiger partial charge on any atom is 0.224 e. The smallest absolute Gasteiger partial charge is 0.224 e.